The van der Waals surface area contributed by atoms with Gasteiger partial charge in [0.1, 0.15) is 6.04 Å². The van der Waals surface area contributed by atoms with Crippen molar-refractivity contribution in [2.45, 2.75) is 46.1 Å². The van der Waals surface area contributed by atoms with E-state index in [1.165, 1.54) is 6.92 Å². The van der Waals surface area contributed by atoms with Gasteiger partial charge in [-0.2, -0.15) is 0 Å². The fraction of sp³-hybridized carbons (Fsp3) is 0.458. The average molecular weight is 440 g/mol. The molecule has 3 rings (SSSR count). The zero-order valence-corrected chi connectivity index (χ0v) is 18.5. The molecule has 3 atom stereocenters. The van der Waals surface area contributed by atoms with Crippen LogP contribution in [0.25, 0.3) is 0 Å². The van der Waals surface area contributed by atoms with E-state index in [-0.39, 0.29) is 29.9 Å². The van der Waals surface area contributed by atoms with Crippen molar-refractivity contribution in [3.05, 3.63) is 42.0 Å². The Morgan fingerprint density at radius 3 is 2.22 bits per heavy atom. The summed E-state index contributed by atoms with van der Waals surface area (Å²) < 4.78 is 5.20. The number of ketones is 1. The lowest BCUT2D eigenvalue weighted by molar-refractivity contribution is -0.160. The van der Waals surface area contributed by atoms with Gasteiger partial charge in [-0.1, -0.05) is 38.1 Å². The zero-order valence-electron chi connectivity index (χ0n) is 18.5. The maximum absolute atomic E-state index is 12.9. The second-order valence-electron chi connectivity index (χ2n) is 8.61. The third kappa shape index (κ3) is 4.95. The van der Waals surface area contributed by atoms with Gasteiger partial charge < -0.3 is 10.1 Å². The number of carbonyl (C=O) groups is 5. The van der Waals surface area contributed by atoms with Crippen molar-refractivity contribution >= 4 is 35.2 Å². The normalized spacial score (nSPS) is 20.8. The van der Waals surface area contributed by atoms with Crippen LogP contribution < -0.4 is 5.32 Å². The first-order chi connectivity index (χ1) is 15.2. The minimum absolute atomic E-state index is 0.0187. The molecule has 3 unspecified atom stereocenters. The van der Waals surface area contributed by atoms with Crippen LogP contribution in [0.1, 0.15) is 50.4 Å². The van der Waals surface area contributed by atoms with E-state index in [2.05, 4.69) is 5.32 Å². The van der Waals surface area contributed by atoms with E-state index in [1.807, 2.05) is 26.0 Å². The largest absolute Gasteiger partial charge is 0.454 e. The fourth-order valence-electron chi connectivity index (χ4n) is 4.20. The molecule has 1 aromatic rings. The molecule has 2 aliphatic rings. The standard InChI is InChI=1S/C24H28N2O6/c1-14(2)12-20(26-22(29)17-9-4-5-10-18(17)23(26)30)24(31)32-13-21(28)25-19-11-7-6-8-16(19)15(3)27/h4-8,11,14,17-18,20H,9-10,12-13H2,1-3H3,(H,25,28). The Kier molecular flexibility index (Phi) is 7.22. The molecule has 8 nitrogen and oxygen atoms in total. The molecule has 1 aliphatic carbocycles. The summed E-state index contributed by atoms with van der Waals surface area (Å²) in [6.07, 6.45) is 4.97. The molecule has 1 saturated heterocycles. The van der Waals surface area contributed by atoms with Crippen LogP contribution in [-0.2, 0) is 23.9 Å². The molecule has 0 saturated carbocycles. The lowest BCUT2D eigenvalue weighted by Gasteiger charge is -2.26. The molecule has 0 aromatic heterocycles. The first kappa shape index (κ1) is 23.4. The minimum atomic E-state index is -1.07. The number of para-hydroxylation sites is 1. The summed E-state index contributed by atoms with van der Waals surface area (Å²) in [6, 6.07) is 5.45. The number of hydrogen-bond acceptors (Lipinski definition) is 6. The van der Waals surface area contributed by atoms with E-state index >= 15 is 0 Å². The highest BCUT2D eigenvalue weighted by molar-refractivity contribution is 6.08. The number of anilines is 1. The second-order valence-corrected chi connectivity index (χ2v) is 8.61. The molecule has 3 amide bonds. The molecule has 1 N–H and O–H groups in total. The first-order valence-corrected chi connectivity index (χ1v) is 10.8. The van der Waals surface area contributed by atoms with Crippen molar-refractivity contribution in [3.8, 4) is 0 Å². The molecule has 1 fully saturated rings. The number of Topliss-reactive ketones (excluding diaryl/α,β-unsaturated/α-hetero) is 1. The van der Waals surface area contributed by atoms with Crippen LogP contribution in [0.4, 0.5) is 5.69 Å². The number of allylic oxidation sites excluding steroid dienone is 2. The van der Waals surface area contributed by atoms with Gasteiger partial charge in [0.15, 0.2) is 12.4 Å². The Balaban J connectivity index is 1.68. The molecular weight excluding hydrogens is 412 g/mol. The monoisotopic (exact) mass is 440 g/mol. The number of nitrogens with zero attached hydrogens (tertiary/aromatic N) is 1. The molecule has 0 radical (unpaired) electrons. The number of hydrogen-bond donors (Lipinski definition) is 1. The van der Waals surface area contributed by atoms with Crippen molar-refractivity contribution in [3.63, 3.8) is 0 Å². The summed E-state index contributed by atoms with van der Waals surface area (Å²) in [6.45, 7) is 4.56. The number of ether oxygens (including phenoxy) is 1. The zero-order chi connectivity index (χ0) is 23.4. The number of benzene rings is 1. The van der Waals surface area contributed by atoms with E-state index in [1.54, 1.807) is 24.3 Å². The molecule has 32 heavy (non-hydrogen) atoms. The van der Waals surface area contributed by atoms with Crippen LogP contribution in [0, 0.1) is 17.8 Å². The number of esters is 1. The van der Waals surface area contributed by atoms with Gasteiger partial charge in [0.05, 0.1) is 17.5 Å². The summed E-state index contributed by atoms with van der Waals surface area (Å²) >= 11 is 0. The molecule has 170 valence electrons. The predicted octanol–water partition coefficient (Wildman–Crippen LogP) is 2.74. The van der Waals surface area contributed by atoms with Gasteiger partial charge in [-0.05, 0) is 44.2 Å². The second kappa shape index (κ2) is 9.89. The number of carbonyl (C=O) groups excluding carboxylic acids is 5. The average Bonchev–Trinajstić information content (AvgIpc) is 3.01. The smallest absolute Gasteiger partial charge is 0.329 e. The topological polar surface area (TPSA) is 110 Å². The molecule has 0 bridgehead atoms. The molecule has 8 heteroatoms. The number of fused-ring (bicyclic) bond motifs is 1. The summed E-state index contributed by atoms with van der Waals surface area (Å²) in [7, 11) is 0. The van der Waals surface area contributed by atoms with Crippen LogP contribution >= 0.6 is 0 Å². The van der Waals surface area contributed by atoms with Gasteiger partial charge in [-0.15, -0.1) is 0 Å². The van der Waals surface area contributed by atoms with E-state index in [9.17, 15) is 24.0 Å². The number of likely N-dealkylation sites (tertiary alicyclic amines) is 1. The number of imide groups is 1. The molecule has 0 spiro atoms. The van der Waals surface area contributed by atoms with Crippen molar-refractivity contribution in [2.75, 3.05) is 11.9 Å². The van der Waals surface area contributed by atoms with Crippen molar-refractivity contribution in [1.29, 1.82) is 0 Å². The van der Waals surface area contributed by atoms with Crippen LogP contribution in [0.2, 0.25) is 0 Å². The Bertz CT molecular complexity index is 941. The van der Waals surface area contributed by atoms with Crippen molar-refractivity contribution in [1.82, 2.24) is 4.90 Å². The van der Waals surface area contributed by atoms with Gasteiger partial charge >= 0.3 is 5.97 Å². The first-order valence-electron chi connectivity index (χ1n) is 10.8. The maximum Gasteiger partial charge on any atom is 0.329 e. The highest BCUT2D eigenvalue weighted by atomic mass is 16.5. The molecule has 1 aromatic carbocycles. The summed E-state index contributed by atoms with van der Waals surface area (Å²) in [5.74, 6) is -3.20. The van der Waals surface area contributed by atoms with Gasteiger partial charge in [-0.25, -0.2) is 4.79 Å². The third-order valence-electron chi connectivity index (χ3n) is 5.75. The number of nitrogens with one attached hydrogen (secondary N) is 1. The molecule has 1 heterocycles. The van der Waals surface area contributed by atoms with Gasteiger partial charge in [0, 0.05) is 5.56 Å². The van der Waals surface area contributed by atoms with Crippen LogP contribution in [-0.4, -0.2) is 47.0 Å². The third-order valence-corrected chi connectivity index (χ3v) is 5.75. The van der Waals surface area contributed by atoms with E-state index in [0.29, 0.717) is 24.1 Å². The Morgan fingerprint density at radius 2 is 1.66 bits per heavy atom. The van der Waals surface area contributed by atoms with Crippen molar-refractivity contribution < 1.29 is 28.7 Å². The highest BCUT2D eigenvalue weighted by Crippen LogP contribution is 2.37. The lowest BCUT2D eigenvalue weighted by atomic mass is 9.85. The Morgan fingerprint density at radius 1 is 1.06 bits per heavy atom. The van der Waals surface area contributed by atoms with E-state index < -0.39 is 36.4 Å². The lowest BCUT2D eigenvalue weighted by Crippen LogP contribution is -2.47. The van der Waals surface area contributed by atoms with Crippen molar-refractivity contribution in [2.24, 2.45) is 17.8 Å². The predicted molar refractivity (Wildman–Crippen MR) is 116 cm³/mol. The van der Waals surface area contributed by atoms with Gasteiger partial charge in [0.25, 0.3) is 5.91 Å². The minimum Gasteiger partial charge on any atom is -0.454 e. The Hall–Kier alpha value is -3.29. The number of rotatable bonds is 8. The molecule has 1 aliphatic heterocycles. The molecular formula is C24H28N2O6. The Labute approximate surface area is 187 Å². The van der Waals surface area contributed by atoms with E-state index in [4.69, 9.17) is 4.74 Å². The van der Waals surface area contributed by atoms with E-state index in [0.717, 1.165) is 4.90 Å². The van der Waals surface area contributed by atoms with Gasteiger partial charge in [-0.3, -0.25) is 24.1 Å². The quantitative estimate of drug-likeness (QED) is 0.288. The van der Waals surface area contributed by atoms with Crippen LogP contribution in [0.5, 0.6) is 0 Å². The number of amides is 3. The summed E-state index contributed by atoms with van der Waals surface area (Å²) in [5.41, 5.74) is 0.663. The van der Waals surface area contributed by atoms with Crippen LogP contribution in [0.15, 0.2) is 36.4 Å². The summed E-state index contributed by atoms with van der Waals surface area (Å²) in [5, 5.41) is 2.56. The maximum atomic E-state index is 12.9. The fourth-order valence-corrected chi connectivity index (χ4v) is 4.20. The highest BCUT2D eigenvalue weighted by Gasteiger charge is 2.51. The summed E-state index contributed by atoms with van der Waals surface area (Å²) in [4.78, 5) is 63.8. The van der Waals surface area contributed by atoms with Gasteiger partial charge in [0.2, 0.25) is 11.8 Å². The SMILES string of the molecule is CC(=O)c1ccccc1NC(=O)COC(=O)C(CC(C)C)N1C(=O)C2CC=CCC2C1=O. The van der Waals surface area contributed by atoms with Crippen LogP contribution in [0.3, 0.4) is 0 Å².